The van der Waals surface area contributed by atoms with E-state index in [4.69, 9.17) is 4.74 Å². The van der Waals surface area contributed by atoms with Gasteiger partial charge in [-0.25, -0.2) is 0 Å². The van der Waals surface area contributed by atoms with Crippen molar-refractivity contribution >= 4 is 28.0 Å². The molecule has 164 valence electrons. The average Bonchev–Trinajstić information content (AvgIpc) is 3.16. The van der Waals surface area contributed by atoms with Crippen molar-refractivity contribution in [2.24, 2.45) is 0 Å². The molecule has 1 saturated heterocycles. The van der Waals surface area contributed by atoms with Gasteiger partial charge in [-0.15, -0.1) is 0 Å². The van der Waals surface area contributed by atoms with Gasteiger partial charge in [-0.05, 0) is 42.2 Å². The van der Waals surface area contributed by atoms with Gasteiger partial charge in [0, 0.05) is 41.7 Å². The van der Waals surface area contributed by atoms with Gasteiger partial charge < -0.3 is 14.6 Å². The minimum absolute atomic E-state index is 0.0896. The number of unbranched alkanes of at least 4 members (excludes halogenated alkanes) is 1. The Morgan fingerprint density at radius 1 is 1.09 bits per heavy atom. The maximum Gasteiger partial charge on any atom is 0.240 e. The number of hydrogen-bond donors (Lipinski definition) is 1. The van der Waals surface area contributed by atoms with Crippen LogP contribution in [0.1, 0.15) is 49.0 Å². The molecule has 1 amide bonds. The molecule has 3 aliphatic rings. The molecule has 32 heavy (non-hydrogen) atoms. The summed E-state index contributed by atoms with van der Waals surface area (Å²) in [5.41, 5.74) is 7.71. The summed E-state index contributed by atoms with van der Waals surface area (Å²) >= 11 is 0. The van der Waals surface area contributed by atoms with E-state index in [1.807, 2.05) is 12.1 Å². The number of H-pyrrole nitrogens is 1. The summed E-state index contributed by atoms with van der Waals surface area (Å²) in [5, 5.41) is 1.27. The molecule has 1 aromatic heterocycles. The van der Waals surface area contributed by atoms with Gasteiger partial charge in [-0.2, -0.15) is 0 Å². The van der Waals surface area contributed by atoms with Gasteiger partial charge in [0.05, 0.1) is 24.9 Å². The van der Waals surface area contributed by atoms with Crippen molar-refractivity contribution in [1.29, 1.82) is 0 Å². The molecule has 2 atom stereocenters. The third-order valence-electron chi connectivity index (χ3n) is 7.44. The molecule has 0 radical (unpaired) electrons. The molecular formula is C27H29N3O2. The number of aromatic amines is 1. The highest BCUT2D eigenvalue weighted by atomic mass is 16.5. The fourth-order valence-electron chi connectivity index (χ4n) is 5.84. The number of hydrogen-bond acceptors (Lipinski definition) is 3. The molecule has 5 nitrogen and oxygen atoms in total. The van der Waals surface area contributed by atoms with Crippen LogP contribution in [0.4, 0.5) is 0 Å². The highest BCUT2D eigenvalue weighted by molar-refractivity contribution is 6.15. The first-order valence-electron chi connectivity index (χ1n) is 11.7. The van der Waals surface area contributed by atoms with Crippen molar-refractivity contribution in [2.75, 3.05) is 26.7 Å². The van der Waals surface area contributed by atoms with Gasteiger partial charge in [-0.3, -0.25) is 9.69 Å². The third-order valence-corrected chi connectivity index (χ3v) is 7.44. The van der Waals surface area contributed by atoms with Crippen LogP contribution in [-0.2, 0) is 4.79 Å². The number of para-hydroxylation sites is 1. The van der Waals surface area contributed by atoms with Crippen LogP contribution in [0.5, 0.6) is 5.75 Å². The van der Waals surface area contributed by atoms with E-state index < -0.39 is 0 Å². The van der Waals surface area contributed by atoms with Crippen LogP contribution in [0.25, 0.3) is 22.0 Å². The first-order valence-corrected chi connectivity index (χ1v) is 11.7. The molecule has 2 aromatic carbocycles. The van der Waals surface area contributed by atoms with Gasteiger partial charge in [-0.1, -0.05) is 43.7 Å². The summed E-state index contributed by atoms with van der Waals surface area (Å²) < 4.78 is 5.40. The molecule has 1 fully saturated rings. The van der Waals surface area contributed by atoms with Gasteiger partial charge in [0.2, 0.25) is 5.91 Å². The average molecular weight is 428 g/mol. The quantitative estimate of drug-likeness (QED) is 0.633. The minimum Gasteiger partial charge on any atom is -0.497 e. The Morgan fingerprint density at radius 2 is 1.91 bits per heavy atom. The first kappa shape index (κ1) is 19.6. The zero-order valence-electron chi connectivity index (χ0n) is 18.7. The summed E-state index contributed by atoms with van der Waals surface area (Å²) in [7, 11) is 1.70. The van der Waals surface area contributed by atoms with Crippen LogP contribution in [0.2, 0.25) is 0 Å². The number of nitrogens with one attached hydrogen (secondary N) is 1. The Balaban J connectivity index is 1.45. The number of rotatable bonds is 5. The molecule has 0 spiro atoms. The predicted molar refractivity (Wildman–Crippen MR) is 127 cm³/mol. The number of piperazine rings is 1. The standard InChI is InChI=1S/C27H29N3O2/c1-3-4-13-29-14-15-30-22(27(29)31)16-20-23-19-7-5-6-8-21(19)28-25(23)24(20)26(30)17-9-11-18(32-2)12-10-17/h5-12,22,26,28H,3-4,13-16H2,1-2H3/t22-,26+/m0/s1. The Morgan fingerprint density at radius 3 is 2.69 bits per heavy atom. The summed E-state index contributed by atoms with van der Waals surface area (Å²) in [6, 6.07) is 16.9. The molecule has 1 aliphatic carbocycles. The zero-order chi connectivity index (χ0) is 21.8. The van der Waals surface area contributed by atoms with E-state index in [0.29, 0.717) is 5.91 Å². The highest BCUT2D eigenvalue weighted by Gasteiger charge is 2.49. The van der Waals surface area contributed by atoms with E-state index in [2.05, 4.69) is 58.1 Å². The monoisotopic (exact) mass is 427 g/mol. The second-order valence-electron chi connectivity index (χ2n) is 9.13. The first-order chi connectivity index (χ1) is 15.7. The Labute approximate surface area is 188 Å². The second kappa shape index (κ2) is 7.52. The van der Waals surface area contributed by atoms with E-state index >= 15 is 0 Å². The molecule has 3 aromatic rings. The lowest BCUT2D eigenvalue weighted by Crippen LogP contribution is -2.60. The molecule has 3 heterocycles. The number of methoxy groups -OCH3 is 1. The van der Waals surface area contributed by atoms with E-state index in [0.717, 1.165) is 44.6 Å². The van der Waals surface area contributed by atoms with Crippen LogP contribution in [0.3, 0.4) is 0 Å². The number of benzene rings is 2. The molecule has 6 rings (SSSR count). The van der Waals surface area contributed by atoms with Gasteiger partial charge in [0.25, 0.3) is 0 Å². The van der Waals surface area contributed by atoms with Crippen molar-refractivity contribution < 1.29 is 9.53 Å². The van der Waals surface area contributed by atoms with Gasteiger partial charge >= 0.3 is 0 Å². The molecule has 1 N–H and O–H groups in total. The van der Waals surface area contributed by atoms with E-state index in [9.17, 15) is 4.79 Å². The van der Waals surface area contributed by atoms with E-state index in [1.54, 1.807) is 7.11 Å². The largest absolute Gasteiger partial charge is 0.497 e. The SMILES string of the molecule is CCCCN1CCN2[C@@H](CC3=C(c4[nH]c5ccccc5c43)[C@H]2c2ccc(OC)cc2)C1=O. The van der Waals surface area contributed by atoms with Crippen LogP contribution >= 0.6 is 0 Å². The number of fused-ring (bicyclic) bond motifs is 6. The molecule has 0 saturated carbocycles. The molecule has 0 bridgehead atoms. The number of ether oxygens (including phenoxy) is 1. The smallest absolute Gasteiger partial charge is 0.240 e. The molecule has 0 unspecified atom stereocenters. The maximum atomic E-state index is 13.6. The topological polar surface area (TPSA) is 48.6 Å². The lowest BCUT2D eigenvalue weighted by molar-refractivity contribution is -0.143. The highest BCUT2D eigenvalue weighted by Crippen LogP contribution is 2.57. The Hall–Kier alpha value is -3.05. The third kappa shape index (κ3) is 2.77. The minimum atomic E-state index is -0.0896. The molecular weight excluding hydrogens is 398 g/mol. The summed E-state index contributed by atoms with van der Waals surface area (Å²) in [6.45, 7) is 4.77. The lowest BCUT2D eigenvalue weighted by Gasteiger charge is -2.51. The van der Waals surface area contributed by atoms with Crippen molar-refractivity contribution in [3.8, 4) is 5.75 Å². The Bertz CT molecular complexity index is 1220. The van der Waals surface area contributed by atoms with E-state index in [-0.39, 0.29) is 12.1 Å². The van der Waals surface area contributed by atoms with Gasteiger partial charge in [0.1, 0.15) is 5.75 Å². The van der Waals surface area contributed by atoms with Crippen LogP contribution in [-0.4, -0.2) is 53.5 Å². The lowest BCUT2D eigenvalue weighted by atomic mass is 9.71. The normalized spacial score (nSPS) is 22.4. The summed E-state index contributed by atoms with van der Waals surface area (Å²) in [4.78, 5) is 21.8. The van der Waals surface area contributed by atoms with Crippen molar-refractivity contribution in [2.45, 2.75) is 38.3 Å². The van der Waals surface area contributed by atoms with Crippen LogP contribution in [0, 0.1) is 0 Å². The van der Waals surface area contributed by atoms with Crippen LogP contribution < -0.4 is 4.74 Å². The Kier molecular flexibility index (Phi) is 4.61. The fraction of sp³-hybridized carbons (Fsp3) is 0.370. The van der Waals surface area contributed by atoms with Gasteiger partial charge in [0.15, 0.2) is 0 Å². The van der Waals surface area contributed by atoms with E-state index in [1.165, 1.54) is 38.9 Å². The van der Waals surface area contributed by atoms with Crippen molar-refractivity contribution in [3.05, 3.63) is 65.4 Å². The number of nitrogens with zero attached hydrogens (tertiary/aromatic N) is 2. The number of carbonyl (C=O) groups excluding carboxylic acids is 1. The van der Waals surface area contributed by atoms with Crippen molar-refractivity contribution in [1.82, 2.24) is 14.8 Å². The molecule has 2 aliphatic heterocycles. The summed E-state index contributed by atoms with van der Waals surface area (Å²) in [6.07, 6.45) is 2.99. The zero-order valence-corrected chi connectivity index (χ0v) is 18.7. The number of amides is 1. The number of aromatic nitrogens is 1. The summed E-state index contributed by atoms with van der Waals surface area (Å²) in [5.74, 6) is 1.15. The predicted octanol–water partition coefficient (Wildman–Crippen LogP) is 4.86. The number of carbonyl (C=O) groups is 1. The maximum absolute atomic E-state index is 13.6. The molecule has 5 heteroatoms. The van der Waals surface area contributed by atoms with Crippen molar-refractivity contribution in [3.63, 3.8) is 0 Å². The fourth-order valence-corrected chi connectivity index (χ4v) is 5.84. The second-order valence-corrected chi connectivity index (χ2v) is 9.13. The van der Waals surface area contributed by atoms with Crippen LogP contribution in [0.15, 0.2) is 48.5 Å².